The molecule has 0 N–H and O–H groups in total. The fourth-order valence-corrected chi connectivity index (χ4v) is 2.70. The quantitative estimate of drug-likeness (QED) is 0.715. The first kappa shape index (κ1) is 18.9. The number of carbonyl (C=O) groups excluding carboxylic acids is 2. The van der Waals surface area contributed by atoms with E-state index >= 15 is 0 Å². The van der Waals surface area contributed by atoms with Crippen molar-refractivity contribution in [3.63, 3.8) is 0 Å². The first-order valence-electron chi connectivity index (χ1n) is 8.51. The minimum absolute atomic E-state index is 0.285. The largest absolute Gasteiger partial charge is 0.482 e. The molecule has 27 heavy (non-hydrogen) atoms. The Bertz CT molecular complexity index is 868. The molecule has 140 valence electrons. The zero-order valence-corrected chi connectivity index (χ0v) is 15.6. The van der Waals surface area contributed by atoms with Crippen molar-refractivity contribution in [2.24, 2.45) is 5.10 Å². The molecule has 0 radical (unpaired) electrons. The van der Waals surface area contributed by atoms with E-state index in [2.05, 4.69) is 5.10 Å². The van der Waals surface area contributed by atoms with Gasteiger partial charge in [0.2, 0.25) is 0 Å². The Morgan fingerprint density at radius 3 is 2.67 bits per heavy atom. The van der Waals surface area contributed by atoms with Crippen LogP contribution >= 0.6 is 11.6 Å². The maximum Gasteiger partial charge on any atom is 0.344 e. The first-order valence-corrected chi connectivity index (χ1v) is 8.88. The Labute approximate surface area is 162 Å². The highest BCUT2D eigenvalue weighted by molar-refractivity contribution is 6.31. The lowest BCUT2D eigenvalue weighted by Crippen LogP contribution is -2.29. The van der Waals surface area contributed by atoms with Gasteiger partial charge in [-0.3, -0.25) is 4.79 Å². The summed E-state index contributed by atoms with van der Waals surface area (Å²) in [5.41, 5.74) is 2.67. The molecule has 2 aromatic rings. The lowest BCUT2D eigenvalue weighted by Gasteiger charge is -2.12. The lowest BCUT2D eigenvalue weighted by molar-refractivity contribution is -0.153. The summed E-state index contributed by atoms with van der Waals surface area (Å²) in [5, 5.41) is 6.27. The molecule has 0 bridgehead atoms. The van der Waals surface area contributed by atoms with Crippen molar-refractivity contribution in [2.75, 3.05) is 19.8 Å². The van der Waals surface area contributed by atoms with Gasteiger partial charge in [-0.15, -0.1) is 0 Å². The molecular formula is C20H19ClN2O4. The topological polar surface area (TPSA) is 68.2 Å². The van der Waals surface area contributed by atoms with Crippen LogP contribution in [0.2, 0.25) is 5.02 Å². The average Bonchev–Trinajstić information content (AvgIpc) is 3.18. The molecule has 0 unspecified atom stereocenters. The number of benzene rings is 2. The molecule has 3 rings (SSSR count). The number of halogens is 1. The minimum atomic E-state index is -0.623. The number of esters is 1. The third-order valence-electron chi connectivity index (χ3n) is 4.04. The van der Waals surface area contributed by atoms with E-state index in [1.54, 1.807) is 18.2 Å². The molecule has 0 spiro atoms. The summed E-state index contributed by atoms with van der Waals surface area (Å²) in [4.78, 5) is 24.0. The van der Waals surface area contributed by atoms with Crippen LogP contribution in [0.4, 0.5) is 0 Å². The number of aryl methyl sites for hydroxylation is 1. The predicted octanol–water partition coefficient (Wildman–Crippen LogP) is 3.21. The maximum atomic E-state index is 12.2. The third-order valence-corrected chi connectivity index (χ3v) is 4.46. The van der Waals surface area contributed by atoms with Crippen molar-refractivity contribution in [3.8, 4) is 5.75 Å². The van der Waals surface area contributed by atoms with Crippen molar-refractivity contribution >= 4 is 29.2 Å². The molecule has 7 heteroatoms. The summed E-state index contributed by atoms with van der Waals surface area (Å²) in [6.07, 6.45) is 0.669. The van der Waals surface area contributed by atoms with Gasteiger partial charge in [0.25, 0.3) is 5.91 Å². The highest BCUT2D eigenvalue weighted by atomic mass is 35.5. The second kappa shape index (κ2) is 8.68. The molecule has 0 saturated carbocycles. The fraction of sp³-hybridized carbons (Fsp3) is 0.250. The van der Waals surface area contributed by atoms with Crippen LogP contribution in [0.25, 0.3) is 0 Å². The van der Waals surface area contributed by atoms with E-state index < -0.39 is 5.97 Å². The number of rotatable bonds is 6. The number of hydrogen-bond donors (Lipinski definition) is 0. The highest BCUT2D eigenvalue weighted by Crippen LogP contribution is 2.21. The molecule has 6 nitrogen and oxygen atoms in total. The molecular weight excluding hydrogens is 368 g/mol. The van der Waals surface area contributed by atoms with Crippen LogP contribution in [-0.4, -0.2) is 42.4 Å². The Hall–Kier alpha value is -2.86. The van der Waals surface area contributed by atoms with Crippen LogP contribution in [-0.2, 0) is 14.3 Å². The van der Waals surface area contributed by atoms with E-state index in [1.165, 1.54) is 5.01 Å². The number of ether oxygens (including phenoxy) is 2. The zero-order valence-electron chi connectivity index (χ0n) is 14.9. The molecule has 0 aromatic heterocycles. The normalized spacial score (nSPS) is 13.3. The smallest absolute Gasteiger partial charge is 0.344 e. The van der Waals surface area contributed by atoms with Gasteiger partial charge < -0.3 is 9.47 Å². The van der Waals surface area contributed by atoms with E-state index in [0.29, 0.717) is 23.7 Å². The van der Waals surface area contributed by atoms with Crippen molar-refractivity contribution < 1.29 is 19.1 Å². The average molecular weight is 387 g/mol. The van der Waals surface area contributed by atoms with Crippen LogP contribution < -0.4 is 4.74 Å². The van der Waals surface area contributed by atoms with Gasteiger partial charge in [-0.2, -0.15) is 5.10 Å². The van der Waals surface area contributed by atoms with Gasteiger partial charge in [-0.05, 0) is 36.2 Å². The van der Waals surface area contributed by atoms with Gasteiger partial charge in [0.15, 0.2) is 13.2 Å². The van der Waals surface area contributed by atoms with E-state index in [9.17, 15) is 9.59 Å². The van der Waals surface area contributed by atoms with Crippen LogP contribution in [0.1, 0.15) is 17.5 Å². The summed E-state index contributed by atoms with van der Waals surface area (Å²) in [5.74, 6) is -0.476. The van der Waals surface area contributed by atoms with Gasteiger partial charge in [0.05, 0.1) is 12.3 Å². The predicted molar refractivity (Wildman–Crippen MR) is 102 cm³/mol. The highest BCUT2D eigenvalue weighted by Gasteiger charge is 2.22. The van der Waals surface area contributed by atoms with Crippen LogP contribution in [0.5, 0.6) is 5.75 Å². The van der Waals surface area contributed by atoms with Gasteiger partial charge >= 0.3 is 5.97 Å². The number of carbonyl (C=O) groups is 2. The Balaban J connectivity index is 1.45. The Kier molecular flexibility index (Phi) is 6.08. The summed E-state index contributed by atoms with van der Waals surface area (Å²) < 4.78 is 10.3. The van der Waals surface area contributed by atoms with E-state index in [1.807, 2.05) is 37.3 Å². The molecule has 0 saturated heterocycles. The summed E-state index contributed by atoms with van der Waals surface area (Å²) in [7, 11) is 0. The molecule has 1 aliphatic heterocycles. The van der Waals surface area contributed by atoms with Crippen molar-refractivity contribution in [2.45, 2.75) is 13.3 Å². The second-order valence-electron chi connectivity index (χ2n) is 6.04. The molecule has 0 fully saturated rings. The molecule has 0 aliphatic carbocycles. The number of amides is 1. The summed E-state index contributed by atoms with van der Waals surface area (Å²) in [6.45, 7) is 1.66. The monoisotopic (exact) mass is 386 g/mol. The van der Waals surface area contributed by atoms with Gasteiger partial charge in [0.1, 0.15) is 5.75 Å². The van der Waals surface area contributed by atoms with Crippen LogP contribution in [0.3, 0.4) is 0 Å². The minimum Gasteiger partial charge on any atom is -0.482 e. The van der Waals surface area contributed by atoms with E-state index in [-0.39, 0.29) is 19.1 Å². The maximum absolute atomic E-state index is 12.2. The standard InChI is InChI=1S/C20H19ClN2O4/c1-14-11-16(7-8-17(14)21)26-13-20(25)27-12-19(24)23-10-9-18(22-23)15-5-3-2-4-6-15/h2-8,11H,9-10,12-13H2,1H3. The lowest BCUT2D eigenvalue weighted by atomic mass is 10.1. The van der Waals surface area contributed by atoms with Crippen molar-refractivity contribution in [1.82, 2.24) is 5.01 Å². The van der Waals surface area contributed by atoms with Crippen LogP contribution in [0.15, 0.2) is 53.6 Å². The van der Waals surface area contributed by atoms with E-state index in [0.717, 1.165) is 16.8 Å². The van der Waals surface area contributed by atoms with Gasteiger partial charge in [-0.1, -0.05) is 41.9 Å². The molecule has 2 aromatic carbocycles. The summed E-state index contributed by atoms with van der Waals surface area (Å²) in [6, 6.07) is 14.7. The molecule has 1 aliphatic rings. The van der Waals surface area contributed by atoms with Crippen molar-refractivity contribution in [3.05, 3.63) is 64.7 Å². The number of hydrazone groups is 1. The third kappa shape index (κ3) is 5.08. The number of nitrogens with zero attached hydrogens (tertiary/aromatic N) is 2. The summed E-state index contributed by atoms with van der Waals surface area (Å²) >= 11 is 5.94. The second-order valence-corrected chi connectivity index (χ2v) is 6.45. The SMILES string of the molecule is Cc1cc(OCC(=O)OCC(=O)N2CCC(c3ccccc3)=N2)ccc1Cl. The first-order chi connectivity index (χ1) is 13.0. The van der Waals surface area contributed by atoms with Crippen molar-refractivity contribution in [1.29, 1.82) is 0 Å². The Morgan fingerprint density at radius 2 is 1.93 bits per heavy atom. The number of hydrogen-bond acceptors (Lipinski definition) is 5. The van der Waals surface area contributed by atoms with Gasteiger partial charge in [0, 0.05) is 11.4 Å². The Morgan fingerprint density at radius 1 is 1.15 bits per heavy atom. The molecule has 1 heterocycles. The van der Waals surface area contributed by atoms with Crippen LogP contribution in [0, 0.1) is 6.92 Å². The molecule has 0 atom stereocenters. The zero-order chi connectivity index (χ0) is 19.2. The fourth-order valence-electron chi connectivity index (χ4n) is 2.58. The van der Waals surface area contributed by atoms with Gasteiger partial charge in [-0.25, -0.2) is 9.80 Å². The molecule has 1 amide bonds. The van der Waals surface area contributed by atoms with E-state index in [4.69, 9.17) is 21.1 Å².